The molecule has 1 saturated heterocycles. The van der Waals surface area contributed by atoms with E-state index in [2.05, 4.69) is 74.8 Å². The largest absolute Gasteiger partial charge is 0.297 e. The van der Waals surface area contributed by atoms with Crippen molar-refractivity contribution in [3.05, 3.63) is 51.8 Å². The maximum Gasteiger partial charge on any atom is 0.0739 e. The van der Waals surface area contributed by atoms with Gasteiger partial charge in [-0.1, -0.05) is 30.3 Å². The minimum atomic E-state index is 0.670. The van der Waals surface area contributed by atoms with Gasteiger partial charge in [0.15, 0.2) is 0 Å². The van der Waals surface area contributed by atoms with Crippen molar-refractivity contribution in [1.82, 2.24) is 14.7 Å². The molecule has 2 heterocycles. The number of aromatic nitrogens is 2. The van der Waals surface area contributed by atoms with Crippen molar-refractivity contribution in [3.63, 3.8) is 0 Å². The van der Waals surface area contributed by atoms with E-state index < -0.39 is 0 Å². The molecule has 21 heavy (non-hydrogen) atoms. The Labute approximate surface area is 135 Å². The van der Waals surface area contributed by atoms with Gasteiger partial charge in [-0.15, -0.1) is 0 Å². The molecular formula is C17H22BrN3. The maximum atomic E-state index is 4.59. The summed E-state index contributed by atoms with van der Waals surface area (Å²) < 4.78 is 3.29. The van der Waals surface area contributed by atoms with Crippen molar-refractivity contribution in [2.75, 3.05) is 13.1 Å². The molecule has 0 spiro atoms. The van der Waals surface area contributed by atoms with E-state index in [4.69, 9.17) is 0 Å². The van der Waals surface area contributed by atoms with E-state index >= 15 is 0 Å². The minimum Gasteiger partial charge on any atom is -0.297 e. The molecule has 1 aliphatic rings. The highest BCUT2D eigenvalue weighted by Crippen LogP contribution is 2.30. The summed E-state index contributed by atoms with van der Waals surface area (Å²) in [6.07, 6.45) is 1.25. The van der Waals surface area contributed by atoms with E-state index in [0.29, 0.717) is 5.92 Å². The molecule has 4 heteroatoms. The molecular weight excluding hydrogens is 326 g/mol. The predicted octanol–water partition coefficient (Wildman–Crippen LogP) is 3.96. The summed E-state index contributed by atoms with van der Waals surface area (Å²) in [6, 6.07) is 10.9. The van der Waals surface area contributed by atoms with Crippen molar-refractivity contribution < 1.29 is 0 Å². The summed E-state index contributed by atoms with van der Waals surface area (Å²) in [7, 11) is 0. The van der Waals surface area contributed by atoms with Crippen LogP contribution in [0.5, 0.6) is 0 Å². The monoisotopic (exact) mass is 347 g/mol. The molecule has 0 amide bonds. The molecule has 1 atom stereocenters. The highest BCUT2D eigenvalue weighted by Gasteiger charge is 2.25. The molecule has 1 aromatic heterocycles. The van der Waals surface area contributed by atoms with Crippen LogP contribution in [0, 0.1) is 6.92 Å². The van der Waals surface area contributed by atoms with Crippen molar-refractivity contribution in [1.29, 1.82) is 0 Å². The lowest BCUT2D eigenvalue weighted by Gasteiger charge is -2.17. The molecule has 0 N–H and O–H groups in total. The Kier molecular flexibility index (Phi) is 4.45. The molecule has 1 unspecified atom stereocenters. The second-order valence-corrected chi connectivity index (χ2v) is 6.59. The number of likely N-dealkylation sites (tertiary alicyclic amines) is 1. The highest BCUT2D eigenvalue weighted by atomic mass is 79.9. The normalized spacial score (nSPS) is 19.3. The van der Waals surface area contributed by atoms with Crippen LogP contribution >= 0.6 is 15.9 Å². The number of aryl methyl sites for hydroxylation is 2. The fourth-order valence-corrected chi connectivity index (χ4v) is 3.61. The Balaban J connectivity index is 1.70. The number of halogens is 1. The topological polar surface area (TPSA) is 21.1 Å². The molecule has 112 valence electrons. The first-order valence-corrected chi connectivity index (χ1v) is 8.47. The van der Waals surface area contributed by atoms with Gasteiger partial charge in [0.25, 0.3) is 0 Å². The molecule has 1 aliphatic heterocycles. The van der Waals surface area contributed by atoms with Crippen LogP contribution in [0.2, 0.25) is 0 Å². The smallest absolute Gasteiger partial charge is 0.0739 e. The Bertz CT molecular complexity index is 606. The van der Waals surface area contributed by atoms with Gasteiger partial charge in [-0.3, -0.25) is 9.58 Å². The summed E-state index contributed by atoms with van der Waals surface area (Å²) >= 11 is 3.70. The van der Waals surface area contributed by atoms with Crippen LogP contribution < -0.4 is 0 Å². The number of benzene rings is 1. The lowest BCUT2D eigenvalue weighted by molar-refractivity contribution is 0.314. The molecule has 0 aliphatic carbocycles. The van der Waals surface area contributed by atoms with Crippen molar-refractivity contribution in [2.24, 2.45) is 0 Å². The van der Waals surface area contributed by atoms with Gasteiger partial charge in [0.2, 0.25) is 0 Å². The summed E-state index contributed by atoms with van der Waals surface area (Å²) in [4.78, 5) is 2.55. The summed E-state index contributed by atoms with van der Waals surface area (Å²) in [5.41, 5.74) is 3.87. The number of hydrogen-bond acceptors (Lipinski definition) is 2. The Hall–Kier alpha value is -1.13. The average molecular weight is 348 g/mol. The van der Waals surface area contributed by atoms with Crippen LogP contribution in [0.25, 0.3) is 0 Å². The molecule has 0 saturated carbocycles. The van der Waals surface area contributed by atoms with Gasteiger partial charge in [0, 0.05) is 19.6 Å². The van der Waals surface area contributed by atoms with Gasteiger partial charge >= 0.3 is 0 Å². The second kappa shape index (κ2) is 6.32. The third-order valence-corrected chi connectivity index (χ3v) is 5.40. The van der Waals surface area contributed by atoms with Crippen LogP contribution in [-0.4, -0.2) is 27.8 Å². The lowest BCUT2D eigenvalue weighted by Crippen LogP contribution is -2.22. The van der Waals surface area contributed by atoms with Gasteiger partial charge in [-0.05, 0) is 54.2 Å². The molecule has 1 aromatic carbocycles. The fourth-order valence-electron chi connectivity index (χ4n) is 3.21. The number of nitrogens with zero attached hydrogens (tertiary/aromatic N) is 3. The second-order valence-electron chi connectivity index (χ2n) is 5.79. The molecule has 0 radical (unpaired) electrons. The molecule has 1 fully saturated rings. The van der Waals surface area contributed by atoms with Crippen molar-refractivity contribution in [2.45, 2.75) is 39.3 Å². The third kappa shape index (κ3) is 3.06. The Morgan fingerprint density at radius 3 is 2.76 bits per heavy atom. The van der Waals surface area contributed by atoms with Gasteiger partial charge < -0.3 is 0 Å². The van der Waals surface area contributed by atoms with Gasteiger partial charge in [-0.25, -0.2) is 0 Å². The zero-order valence-corrected chi connectivity index (χ0v) is 14.3. The first-order valence-electron chi connectivity index (χ1n) is 7.68. The SMILES string of the molecule is CCn1nc(C)c(Br)c1CN1CCC(c2ccccc2)C1. The van der Waals surface area contributed by atoms with Crippen molar-refractivity contribution >= 4 is 15.9 Å². The van der Waals surface area contributed by atoms with E-state index in [1.54, 1.807) is 0 Å². The minimum absolute atomic E-state index is 0.670. The predicted molar refractivity (Wildman–Crippen MR) is 89.4 cm³/mol. The van der Waals surface area contributed by atoms with Crippen LogP contribution in [0.15, 0.2) is 34.8 Å². The summed E-state index contributed by atoms with van der Waals surface area (Å²) in [5.74, 6) is 0.670. The fraction of sp³-hybridized carbons (Fsp3) is 0.471. The zero-order chi connectivity index (χ0) is 14.8. The Morgan fingerprint density at radius 2 is 2.05 bits per heavy atom. The molecule has 3 nitrogen and oxygen atoms in total. The van der Waals surface area contributed by atoms with E-state index in [9.17, 15) is 0 Å². The van der Waals surface area contributed by atoms with Crippen molar-refractivity contribution in [3.8, 4) is 0 Å². The number of hydrogen-bond donors (Lipinski definition) is 0. The van der Waals surface area contributed by atoms with Gasteiger partial charge in [-0.2, -0.15) is 5.10 Å². The number of rotatable bonds is 4. The molecule has 0 bridgehead atoms. The van der Waals surface area contributed by atoms with Crippen LogP contribution in [-0.2, 0) is 13.1 Å². The van der Waals surface area contributed by atoms with E-state index in [-0.39, 0.29) is 0 Å². The van der Waals surface area contributed by atoms with Crippen LogP contribution in [0.1, 0.15) is 36.2 Å². The summed E-state index contributed by atoms with van der Waals surface area (Å²) in [6.45, 7) is 8.44. The van der Waals surface area contributed by atoms with E-state index in [1.165, 1.54) is 28.7 Å². The van der Waals surface area contributed by atoms with E-state index in [1.807, 2.05) is 0 Å². The first kappa shape index (κ1) is 14.8. The highest BCUT2D eigenvalue weighted by molar-refractivity contribution is 9.10. The molecule has 2 aromatic rings. The lowest BCUT2D eigenvalue weighted by atomic mass is 9.99. The quantitative estimate of drug-likeness (QED) is 0.834. The van der Waals surface area contributed by atoms with Gasteiger partial charge in [0.1, 0.15) is 0 Å². The van der Waals surface area contributed by atoms with Gasteiger partial charge in [0.05, 0.1) is 15.9 Å². The third-order valence-electron chi connectivity index (χ3n) is 4.37. The Morgan fingerprint density at radius 1 is 1.29 bits per heavy atom. The standard InChI is InChI=1S/C17H22BrN3/c1-3-21-16(17(18)13(2)19-21)12-20-10-9-15(11-20)14-7-5-4-6-8-14/h4-8,15H,3,9-12H2,1-2H3. The first-order chi connectivity index (χ1) is 10.2. The average Bonchev–Trinajstić information content (AvgIpc) is 3.08. The molecule has 3 rings (SSSR count). The van der Waals surface area contributed by atoms with Crippen LogP contribution in [0.3, 0.4) is 0 Å². The van der Waals surface area contributed by atoms with Crippen LogP contribution in [0.4, 0.5) is 0 Å². The summed E-state index contributed by atoms with van der Waals surface area (Å²) in [5, 5.41) is 4.59. The van der Waals surface area contributed by atoms with E-state index in [0.717, 1.165) is 25.3 Å². The zero-order valence-electron chi connectivity index (χ0n) is 12.7. The maximum absolute atomic E-state index is 4.59.